The monoisotopic (exact) mass is 370 g/mol. The summed E-state index contributed by atoms with van der Waals surface area (Å²) in [7, 11) is 3.01. The molecule has 0 saturated carbocycles. The van der Waals surface area contributed by atoms with Crippen LogP contribution in [0.25, 0.3) is 0 Å². The highest BCUT2D eigenvalue weighted by Gasteiger charge is 2.55. The Hall–Kier alpha value is -3.49. The van der Waals surface area contributed by atoms with E-state index in [4.69, 9.17) is 9.47 Å². The summed E-state index contributed by atoms with van der Waals surface area (Å²) in [6.07, 6.45) is 0. The predicted molar refractivity (Wildman–Crippen MR) is 93.4 cm³/mol. The lowest BCUT2D eigenvalue weighted by Gasteiger charge is -2.21. The maximum atomic E-state index is 13.2. The van der Waals surface area contributed by atoms with Crippen LogP contribution in [0.5, 0.6) is 11.5 Å². The van der Waals surface area contributed by atoms with E-state index >= 15 is 0 Å². The maximum absolute atomic E-state index is 13.2. The lowest BCUT2D eigenvalue weighted by Crippen LogP contribution is -2.39. The number of imide groups is 1. The zero-order valence-electron chi connectivity index (χ0n) is 14.5. The van der Waals surface area contributed by atoms with E-state index in [1.807, 2.05) is 0 Å². The molecule has 0 unspecified atom stereocenters. The Kier molecular flexibility index (Phi) is 3.98. The van der Waals surface area contributed by atoms with Gasteiger partial charge >= 0.3 is 0 Å². The number of anilines is 2. The summed E-state index contributed by atoms with van der Waals surface area (Å²) < 4.78 is 23.7. The second-order valence-electron chi connectivity index (χ2n) is 6.00. The summed E-state index contributed by atoms with van der Waals surface area (Å²) in [6, 6.07) is 8.28. The third kappa shape index (κ3) is 2.67. The highest BCUT2D eigenvalue weighted by atomic mass is 19.1. The van der Waals surface area contributed by atoms with Gasteiger partial charge in [0.15, 0.2) is 12.1 Å². The highest BCUT2D eigenvalue weighted by Crippen LogP contribution is 2.37. The van der Waals surface area contributed by atoms with Gasteiger partial charge in [-0.1, -0.05) is 5.22 Å². The lowest BCUT2D eigenvalue weighted by molar-refractivity contribution is -0.121. The van der Waals surface area contributed by atoms with E-state index in [-0.39, 0.29) is 0 Å². The summed E-state index contributed by atoms with van der Waals surface area (Å²) in [6.45, 7) is 0. The lowest BCUT2D eigenvalue weighted by atomic mass is 10.1. The number of carbonyl (C=O) groups is 2. The van der Waals surface area contributed by atoms with E-state index in [0.29, 0.717) is 22.9 Å². The molecule has 8 nitrogen and oxygen atoms in total. The fourth-order valence-corrected chi connectivity index (χ4v) is 3.14. The molecule has 2 aliphatic heterocycles. The molecule has 4 rings (SSSR count). The van der Waals surface area contributed by atoms with Gasteiger partial charge < -0.3 is 9.47 Å². The van der Waals surface area contributed by atoms with Gasteiger partial charge in [-0.15, -0.1) is 0 Å². The Bertz CT molecular complexity index is 925. The Morgan fingerprint density at radius 2 is 1.56 bits per heavy atom. The first kappa shape index (κ1) is 17.0. The topological polar surface area (TPSA) is 83.8 Å². The molecule has 2 amide bonds. The molecular weight excluding hydrogens is 355 g/mol. The molecule has 0 aliphatic carbocycles. The second kappa shape index (κ2) is 6.35. The molecule has 2 aromatic rings. The van der Waals surface area contributed by atoms with Gasteiger partial charge in [-0.25, -0.2) is 14.3 Å². The van der Waals surface area contributed by atoms with Gasteiger partial charge in [-0.05, 0) is 24.3 Å². The van der Waals surface area contributed by atoms with Crippen LogP contribution in [-0.4, -0.2) is 38.1 Å². The molecule has 9 heteroatoms. The minimum Gasteiger partial charge on any atom is -0.497 e. The smallest absolute Gasteiger partial charge is 0.263 e. The number of amides is 2. The van der Waals surface area contributed by atoms with Gasteiger partial charge in [0.05, 0.1) is 25.6 Å². The second-order valence-corrected chi connectivity index (χ2v) is 6.00. The van der Waals surface area contributed by atoms with Crippen LogP contribution in [0.1, 0.15) is 0 Å². The SMILES string of the molecule is COc1cc(OC)cc(N2N=N[C@H]3C(=O)N(c4ccc(F)cc4)C(=O)[C@H]32)c1. The molecule has 2 aliphatic rings. The fourth-order valence-electron chi connectivity index (χ4n) is 3.14. The third-order valence-corrected chi connectivity index (χ3v) is 4.47. The normalized spacial score (nSPS) is 21.0. The Morgan fingerprint density at radius 1 is 0.926 bits per heavy atom. The van der Waals surface area contributed by atoms with E-state index in [9.17, 15) is 14.0 Å². The molecule has 1 saturated heterocycles. The van der Waals surface area contributed by atoms with Crippen molar-refractivity contribution in [3.05, 3.63) is 48.3 Å². The van der Waals surface area contributed by atoms with Crippen LogP contribution in [0.15, 0.2) is 52.8 Å². The molecule has 0 bridgehead atoms. The van der Waals surface area contributed by atoms with E-state index in [1.54, 1.807) is 18.2 Å². The Morgan fingerprint density at radius 3 is 2.15 bits per heavy atom. The molecule has 0 spiro atoms. The minimum atomic E-state index is -0.959. The van der Waals surface area contributed by atoms with Crippen molar-refractivity contribution in [3.8, 4) is 11.5 Å². The molecule has 2 aromatic carbocycles. The third-order valence-electron chi connectivity index (χ3n) is 4.47. The van der Waals surface area contributed by atoms with Gasteiger partial charge in [0, 0.05) is 18.2 Å². The van der Waals surface area contributed by atoms with Gasteiger partial charge in [0.2, 0.25) is 0 Å². The van der Waals surface area contributed by atoms with E-state index in [0.717, 1.165) is 4.90 Å². The number of benzene rings is 2. The van der Waals surface area contributed by atoms with Crippen molar-refractivity contribution in [2.24, 2.45) is 10.3 Å². The van der Waals surface area contributed by atoms with Crippen LogP contribution in [0.4, 0.5) is 15.8 Å². The number of ether oxygens (including phenoxy) is 2. The van der Waals surface area contributed by atoms with Crippen molar-refractivity contribution in [1.82, 2.24) is 0 Å². The Labute approximate surface area is 153 Å². The Balaban J connectivity index is 1.70. The average molecular weight is 370 g/mol. The van der Waals surface area contributed by atoms with Crippen molar-refractivity contribution in [2.75, 3.05) is 24.1 Å². The number of hydrogen-bond donors (Lipinski definition) is 0. The predicted octanol–water partition coefficient (Wildman–Crippen LogP) is 2.34. The van der Waals surface area contributed by atoms with E-state index in [2.05, 4.69) is 10.3 Å². The molecule has 2 heterocycles. The average Bonchev–Trinajstić information content (AvgIpc) is 3.23. The molecule has 138 valence electrons. The van der Waals surface area contributed by atoms with Crippen molar-refractivity contribution in [1.29, 1.82) is 0 Å². The molecular formula is C18H15FN4O4. The van der Waals surface area contributed by atoms with Crippen LogP contribution in [0.2, 0.25) is 0 Å². The number of rotatable bonds is 4. The number of halogens is 1. The van der Waals surface area contributed by atoms with Crippen molar-refractivity contribution < 1.29 is 23.5 Å². The van der Waals surface area contributed by atoms with Crippen LogP contribution in [-0.2, 0) is 9.59 Å². The number of carbonyl (C=O) groups excluding carboxylic acids is 2. The van der Waals surface area contributed by atoms with E-state index < -0.39 is 29.7 Å². The van der Waals surface area contributed by atoms with Crippen molar-refractivity contribution >= 4 is 23.2 Å². The molecule has 1 fully saturated rings. The highest BCUT2D eigenvalue weighted by molar-refractivity contribution is 6.26. The summed E-state index contributed by atoms with van der Waals surface area (Å²) in [4.78, 5) is 26.7. The van der Waals surface area contributed by atoms with Gasteiger partial charge in [-0.3, -0.25) is 9.59 Å². The first-order chi connectivity index (χ1) is 13.0. The summed E-state index contributed by atoms with van der Waals surface area (Å²) >= 11 is 0. The summed E-state index contributed by atoms with van der Waals surface area (Å²) in [5, 5.41) is 9.35. The minimum absolute atomic E-state index is 0.291. The van der Waals surface area contributed by atoms with Crippen LogP contribution < -0.4 is 19.4 Å². The first-order valence-electron chi connectivity index (χ1n) is 8.10. The molecule has 27 heavy (non-hydrogen) atoms. The fraction of sp³-hybridized carbons (Fsp3) is 0.222. The zero-order valence-corrected chi connectivity index (χ0v) is 14.5. The zero-order chi connectivity index (χ0) is 19.1. The molecule has 0 aromatic heterocycles. The largest absolute Gasteiger partial charge is 0.497 e. The summed E-state index contributed by atoms with van der Waals surface area (Å²) in [5.41, 5.74) is 0.795. The maximum Gasteiger partial charge on any atom is 0.263 e. The summed E-state index contributed by atoms with van der Waals surface area (Å²) in [5.74, 6) is -0.422. The van der Waals surface area contributed by atoms with Crippen molar-refractivity contribution in [3.63, 3.8) is 0 Å². The van der Waals surface area contributed by atoms with Gasteiger partial charge in [-0.2, -0.15) is 5.11 Å². The molecule has 0 radical (unpaired) electrons. The number of nitrogens with zero attached hydrogens (tertiary/aromatic N) is 4. The first-order valence-corrected chi connectivity index (χ1v) is 8.10. The number of methoxy groups -OCH3 is 2. The van der Waals surface area contributed by atoms with Gasteiger partial charge in [0.25, 0.3) is 11.8 Å². The number of hydrogen-bond acceptors (Lipinski definition) is 7. The molecule has 2 atom stereocenters. The standard InChI is InChI=1S/C18H15FN4O4/c1-26-13-7-12(8-14(9-13)27-2)23-16-15(20-21-23)17(24)22(18(16)25)11-5-3-10(19)4-6-11/h3-9,15-16H,1-2H3/t15-,16+/m1/s1. The van der Waals surface area contributed by atoms with Crippen molar-refractivity contribution in [2.45, 2.75) is 12.1 Å². The van der Waals surface area contributed by atoms with E-state index in [1.165, 1.54) is 43.5 Å². The van der Waals surface area contributed by atoms with Crippen LogP contribution >= 0.6 is 0 Å². The van der Waals surface area contributed by atoms with Gasteiger partial charge in [0.1, 0.15) is 17.3 Å². The van der Waals surface area contributed by atoms with Crippen LogP contribution in [0, 0.1) is 5.82 Å². The number of fused-ring (bicyclic) bond motifs is 1. The molecule has 0 N–H and O–H groups in total. The quantitative estimate of drug-likeness (QED) is 0.772. The van der Waals surface area contributed by atoms with Crippen LogP contribution in [0.3, 0.4) is 0 Å².